The van der Waals surface area contributed by atoms with E-state index in [0.717, 1.165) is 31.1 Å². The Morgan fingerprint density at radius 1 is 1.57 bits per heavy atom. The van der Waals surface area contributed by atoms with Crippen LogP contribution in [-0.2, 0) is 0 Å². The highest BCUT2D eigenvalue weighted by Gasteiger charge is 2.22. The van der Waals surface area contributed by atoms with Gasteiger partial charge in [0, 0.05) is 30.5 Å². The molecule has 1 aliphatic rings. The highest BCUT2D eigenvalue weighted by Crippen LogP contribution is 2.23. The second kappa shape index (κ2) is 3.91. The van der Waals surface area contributed by atoms with Crippen molar-refractivity contribution in [2.75, 3.05) is 18.0 Å². The first kappa shape index (κ1) is 9.39. The van der Waals surface area contributed by atoms with Crippen LogP contribution in [0.2, 0.25) is 0 Å². The van der Waals surface area contributed by atoms with Gasteiger partial charge in [0.05, 0.1) is 5.84 Å². The fourth-order valence-corrected chi connectivity index (χ4v) is 2.27. The van der Waals surface area contributed by atoms with Crippen molar-refractivity contribution in [2.45, 2.75) is 12.8 Å². The SMILES string of the molecule is N=C(N)C1CCN(c2ncns2)CC1. The molecular weight excluding hydrogens is 198 g/mol. The molecule has 14 heavy (non-hydrogen) atoms. The summed E-state index contributed by atoms with van der Waals surface area (Å²) in [4.78, 5) is 6.36. The normalized spacial score (nSPS) is 18.4. The first-order chi connectivity index (χ1) is 6.77. The van der Waals surface area contributed by atoms with Crippen LogP contribution in [0.15, 0.2) is 6.33 Å². The Kier molecular flexibility index (Phi) is 2.62. The van der Waals surface area contributed by atoms with Gasteiger partial charge >= 0.3 is 0 Å². The first-order valence-corrected chi connectivity index (χ1v) is 5.40. The summed E-state index contributed by atoms with van der Waals surface area (Å²) in [7, 11) is 0. The third-order valence-corrected chi connectivity index (χ3v) is 3.28. The highest BCUT2D eigenvalue weighted by molar-refractivity contribution is 7.09. The molecule has 1 aliphatic heterocycles. The predicted molar refractivity (Wildman–Crippen MR) is 56.8 cm³/mol. The van der Waals surface area contributed by atoms with Crippen molar-refractivity contribution >= 4 is 22.5 Å². The van der Waals surface area contributed by atoms with Crippen molar-refractivity contribution in [1.29, 1.82) is 5.41 Å². The predicted octanol–water partition coefficient (Wildman–Crippen LogP) is 0.690. The zero-order valence-electron chi connectivity index (χ0n) is 7.81. The van der Waals surface area contributed by atoms with Crippen LogP contribution >= 0.6 is 11.5 Å². The van der Waals surface area contributed by atoms with E-state index < -0.39 is 0 Å². The molecule has 1 fully saturated rings. The van der Waals surface area contributed by atoms with E-state index >= 15 is 0 Å². The molecule has 76 valence electrons. The summed E-state index contributed by atoms with van der Waals surface area (Å²) in [6.07, 6.45) is 3.49. The van der Waals surface area contributed by atoms with Crippen LogP contribution < -0.4 is 10.6 Å². The minimum Gasteiger partial charge on any atom is -0.387 e. The first-order valence-electron chi connectivity index (χ1n) is 4.63. The van der Waals surface area contributed by atoms with E-state index in [2.05, 4.69) is 14.3 Å². The fourth-order valence-electron chi connectivity index (χ4n) is 1.69. The number of hydrogen-bond acceptors (Lipinski definition) is 5. The zero-order valence-corrected chi connectivity index (χ0v) is 8.63. The molecule has 0 amide bonds. The quantitative estimate of drug-likeness (QED) is 0.557. The average Bonchev–Trinajstić information content (AvgIpc) is 2.71. The number of hydrogen-bond donors (Lipinski definition) is 2. The molecule has 1 saturated heterocycles. The van der Waals surface area contributed by atoms with E-state index in [9.17, 15) is 0 Å². The lowest BCUT2D eigenvalue weighted by Crippen LogP contribution is -2.38. The van der Waals surface area contributed by atoms with Crippen LogP contribution in [0.4, 0.5) is 5.13 Å². The highest BCUT2D eigenvalue weighted by atomic mass is 32.1. The van der Waals surface area contributed by atoms with Gasteiger partial charge in [-0.25, -0.2) is 4.98 Å². The third-order valence-electron chi connectivity index (χ3n) is 2.55. The third kappa shape index (κ3) is 1.84. The molecule has 5 nitrogen and oxygen atoms in total. The summed E-state index contributed by atoms with van der Waals surface area (Å²) in [5, 5.41) is 8.34. The summed E-state index contributed by atoms with van der Waals surface area (Å²) >= 11 is 1.42. The van der Waals surface area contributed by atoms with E-state index in [-0.39, 0.29) is 5.92 Å². The number of nitrogens with one attached hydrogen (secondary N) is 1. The van der Waals surface area contributed by atoms with Crippen molar-refractivity contribution < 1.29 is 0 Å². The number of aromatic nitrogens is 2. The summed E-state index contributed by atoms with van der Waals surface area (Å²) < 4.78 is 3.97. The van der Waals surface area contributed by atoms with Gasteiger partial charge in [-0.1, -0.05) is 0 Å². The number of piperidine rings is 1. The Hall–Kier alpha value is -1.17. The van der Waals surface area contributed by atoms with Crippen molar-refractivity contribution in [3.63, 3.8) is 0 Å². The number of rotatable bonds is 2. The summed E-state index contributed by atoms with van der Waals surface area (Å²) in [5.74, 6) is 0.584. The fraction of sp³-hybridized carbons (Fsp3) is 0.625. The maximum Gasteiger partial charge on any atom is 0.204 e. The molecule has 0 atom stereocenters. The molecule has 1 aromatic rings. The van der Waals surface area contributed by atoms with Crippen molar-refractivity contribution in [2.24, 2.45) is 11.7 Å². The molecule has 0 spiro atoms. The van der Waals surface area contributed by atoms with Crippen LogP contribution in [0.1, 0.15) is 12.8 Å². The summed E-state index contributed by atoms with van der Waals surface area (Å²) in [6, 6.07) is 0. The van der Waals surface area contributed by atoms with Crippen molar-refractivity contribution in [1.82, 2.24) is 9.36 Å². The van der Waals surface area contributed by atoms with Crippen LogP contribution in [-0.4, -0.2) is 28.3 Å². The molecule has 0 unspecified atom stereocenters. The number of nitrogens with zero attached hydrogens (tertiary/aromatic N) is 3. The van der Waals surface area contributed by atoms with E-state index in [1.165, 1.54) is 11.5 Å². The second-order valence-corrected chi connectivity index (χ2v) is 4.20. The van der Waals surface area contributed by atoms with Gasteiger partial charge in [0.15, 0.2) is 0 Å². The van der Waals surface area contributed by atoms with Crippen LogP contribution in [0.25, 0.3) is 0 Å². The van der Waals surface area contributed by atoms with E-state index in [1.807, 2.05) is 0 Å². The standard InChI is InChI=1S/C8H13N5S/c9-7(10)6-1-3-13(4-2-6)8-11-5-12-14-8/h5-6H,1-4H2,(H3,9,10). The summed E-state index contributed by atoms with van der Waals surface area (Å²) in [5.41, 5.74) is 5.47. The molecule has 0 aromatic carbocycles. The second-order valence-electron chi connectivity index (χ2n) is 3.44. The molecule has 0 bridgehead atoms. The van der Waals surface area contributed by atoms with Gasteiger partial charge in [-0.3, -0.25) is 5.41 Å². The van der Waals surface area contributed by atoms with E-state index in [0.29, 0.717) is 5.84 Å². The van der Waals surface area contributed by atoms with Gasteiger partial charge in [-0.05, 0) is 12.8 Å². The zero-order chi connectivity index (χ0) is 9.97. The number of amidine groups is 1. The Morgan fingerprint density at radius 3 is 2.79 bits per heavy atom. The van der Waals surface area contributed by atoms with Gasteiger partial charge < -0.3 is 10.6 Å². The molecule has 2 heterocycles. The molecule has 0 saturated carbocycles. The number of nitrogens with two attached hydrogens (primary N) is 1. The Balaban J connectivity index is 1.93. The molecule has 0 aliphatic carbocycles. The maximum absolute atomic E-state index is 7.36. The Labute approximate surface area is 86.6 Å². The molecular formula is C8H13N5S. The minimum absolute atomic E-state index is 0.263. The average molecular weight is 211 g/mol. The lowest BCUT2D eigenvalue weighted by Gasteiger charge is -2.30. The lowest BCUT2D eigenvalue weighted by molar-refractivity contribution is 0.497. The van der Waals surface area contributed by atoms with Crippen LogP contribution in [0, 0.1) is 11.3 Å². The maximum atomic E-state index is 7.36. The van der Waals surface area contributed by atoms with Gasteiger partial charge in [-0.2, -0.15) is 4.37 Å². The van der Waals surface area contributed by atoms with Crippen LogP contribution in [0.5, 0.6) is 0 Å². The van der Waals surface area contributed by atoms with Crippen LogP contribution in [0.3, 0.4) is 0 Å². The number of anilines is 1. The topological polar surface area (TPSA) is 78.9 Å². The van der Waals surface area contributed by atoms with Crippen molar-refractivity contribution in [3.05, 3.63) is 6.33 Å². The smallest absolute Gasteiger partial charge is 0.204 e. The van der Waals surface area contributed by atoms with E-state index in [1.54, 1.807) is 6.33 Å². The molecule has 0 radical (unpaired) electrons. The minimum atomic E-state index is 0.263. The van der Waals surface area contributed by atoms with Gasteiger partial charge in [0.1, 0.15) is 6.33 Å². The molecule has 6 heteroatoms. The molecule has 3 N–H and O–H groups in total. The Bertz CT molecular complexity index is 302. The van der Waals surface area contributed by atoms with Gasteiger partial charge in [0.2, 0.25) is 5.13 Å². The van der Waals surface area contributed by atoms with E-state index in [4.69, 9.17) is 11.1 Å². The largest absolute Gasteiger partial charge is 0.387 e. The van der Waals surface area contributed by atoms with Gasteiger partial charge in [-0.15, -0.1) is 0 Å². The molecule has 1 aromatic heterocycles. The van der Waals surface area contributed by atoms with Gasteiger partial charge in [0.25, 0.3) is 0 Å². The Morgan fingerprint density at radius 2 is 2.29 bits per heavy atom. The monoisotopic (exact) mass is 211 g/mol. The molecule has 2 rings (SSSR count). The summed E-state index contributed by atoms with van der Waals surface area (Å²) in [6.45, 7) is 1.86. The lowest BCUT2D eigenvalue weighted by atomic mass is 9.96. The van der Waals surface area contributed by atoms with Crippen molar-refractivity contribution in [3.8, 4) is 0 Å².